The average molecular weight is 360 g/mol. The van der Waals surface area contributed by atoms with Gasteiger partial charge in [0.2, 0.25) is 0 Å². The van der Waals surface area contributed by atoms with Gasteiger partial charge >= 0.3 is 5.97 Å². The fourth-order valence-electron chi connectivity index (χ4n) is 4.20. The van der Waals surface area contributed by atoms with Crippen molar-refractivity contribution in [1.82, 2.24) is 0 Å². The van der Waals surface area contributed by atoms with Crippen molar-refractivity contribution in [3.63, 3.8) is 0 Å². The highest BCUT2D eigenvalue weighted by Gasteiger charge is 2.42. The van der Waals surface area contributed by atoms with Crippen LogP contribution in [0.25, 0.3) is 0 Å². The minimum atomic E-state index is -0.810. The predicted molar refractivity (Wildman–Crippen MR) is 102 cm³/mol. The molecule has 4 heteroatoms. The number of ether oxygens (including phenoxy) is 1. The van der Waals surface area contributed by atoms with Crippen LogP contribution in [-0.2, 0) is 9.53 Å². The molecule has 0 aromatic heterocycles. The van der Waals surface area contributed by atoms with E-state index < -0.39 is 5.97 Å². The topological polar surface area (TPSA) is 70.3 Å². The molecule has 0 amide bonds. The molecular formula is C22H33NO3. The summed E-state index contributed by atoms with van der Waals surface area (Å²) in [5, 5.41) is 18.2. The zero-order valence-electron chi connectivity index (χ0n) is 16.2. The summed E-state index contributed by atoms with van der Waals surface area (Å²) in [7, 11) is 0. The van der Waals surface area contributed by atoms with Gasteiger partial charge in [0.05, 0.1) is 11.6 Å². The van der Waals surface area contributed by atoms with Gasteiger partial charge in [0.25, 0.3) is 0 Å². The summed E-state index contributed by atoms with van der Waals surface area (Å²) >= 11 is 0. The molecule has 0 spiro atoms. The lowest BCUT2D eigenvalue weighted by molar-refractivity contribution is -0.137. The van der Waals surface area contributed by atoms with Gasteiger partial charge in [-0.3, -0.25) is 4.79 Å². The molecule has 1 saturated heterocycles. The van der Waals surface area contributed by atoms with Crippen LogP contribution in [0.2, 0.25) is 0 Å². The molecule has 1 saturated carbocycles. The largest absolute Gasteiger partial charge is 0.493 e. The van der Waals surface area contributed by atoms with Crippen molar-refractivity contribution in [2.45, 2.75) is 84.2 Å². The van der Waals surface area contributed by atoms with Crippen LogP contribution >= 0.6 is 0 Å². The number of carboxylic acids is 1. The number of hydrogen-bond acceptors (Lipinski definition) is 3. The van der Waals surface area contributed by atoms with Crippen LogP contribution in [0.15, 0.2) is 23.5 Å². The maximum absolute atomic E-state index is 10.7. The molecule has 0 bridgehead atoms. The summed E-state index contributed by atoms with van der Waals surface area (Å²) in [4.78, 5) is 10.7. The Morgan fingerprint density at radius 2 is 2.19 bits per heavy atom. The molecule has 1 aliphatic heterocycles. The number of allylic oxidation sites excluding steroid dienone is 4. The molecule has 4 atom stereocenters. The third-order valence-electron chi connectivity index (χ3n) is 5.79. The number of carboxylic acid groups (broad SMARTS) is 1. The SMILES string of the molecule is CCCCC(C)C/C=C/C1CC[C@@H]2O/C(=C(/C#N)CCCC(=O)O)C[C@H]12. The normalized spacial score (nSPS) is 27.8. The van der Waals surface area contributed by atoms with Crippen molar-refractivity contribution in [2.24, 2.45) is 17.8 Å². The molecule has 1 aliphatic carbocycles. The van der Waals surface area contributed by atoms with Gasteiger partial charge in [-0.1, -0.05) is 45.3 Å². The van der Waals surface area contributed by atoms with Crippen molar-refractivity contribution in [2.75, 3.05) is 0 Å². The Bertz CT molecular complexity index is 572. The van der Waals surface area contributed by atoms with Gasteiger partial charge in [-0.15, -0.1) is 0 Å². The maximum Gasteiger partial charge on any atom is 0.303 e. The Labute approximate surface area is 157 Å². The Kier molecular flexibility index (Phi) is 8.22. The standard InChI is InChI=1S/C22H33NO3/c1-3-4-7-16(2)8-5-9-17-12-13-20-19(17)14-21(26-20)18(15-23)10-6-11-22(24)25/h5,9,16-17,19-20H,3-4,6-8,10-14H2,1-2H3,(H,24,25)/b9-5+,21-18+/t16?,17?,19-,20+/m1/s1. The van der Waals surface area contributed by atoms with Crippen LogP contribution in [0.4, 0.5) is 0 Å². The van der Waals surface area contributed by atoms with E-state index in [-0.39, 0.29) is 12.5 Å². The lowest BCUT2D eigenvalue weighted by Crippen LogP contribution is -2.12. The summed E-state index contributed by atoms with van der Waals surface area (Å²) in [6.45, 7) is 4.57. The molecule has 0 aromatic carbocycles. The van der Waals surface area contributed by atoms with Gasteiger partial charge < -0.3 is 9.84 Å². The lowest BCUT2D eigenvalue weighted by atomic mass is 9.90. The zero-order valence-corrected chi connectivity index (χ0v) is 16.2. The Balaban J connectivity index is 1.88. The minimum absolute atomic E-state index is 0.104. The maximum atomic E-state index is 10.7. The van der Waals surface area contributed by atoms with Crippen molar-refractivity contribution in [3.8, 4) is 6.07 Å². The number of rotatable bonds is 10. The van der Waals surface area contributed by atoms with Crippen molar-refractivity contribution < 1.29 is 14.6 Å². The second-order valence-electron chi connectivity index (χ2n) is 7.94. The van der Waals surface area contributed by atoms with E-state index in [0.717, 1.165) is 30.9 Å². The van der Waals surface area contributed by atoms with E-state index in [0.29, 0.717) is 30.3 Å². The van der Waals surface area contributed by atoms with E-state index in [2.05, 4.69) is 32.1 Å². The van der Waals surface area contributed by atoms with Crippen LogP contribution in [0.3, 0.4) is 0 Å². The second kappa shape index (κ2) is 10.4. The van der Waals surface area contributed by atoms with Gasteiger partial charge in [0, 0.05) is 18.8 Å². The van der Waals surface area contributed by atoms with Gasteiger partial charge in [0.15, 0.2) is 0 Å². The first kappa shape index (κ1) is 20.6. The van der Waals surface area contributed by atoms with Crippen LogP contribution in [0.5, 0.6) is 0 Å². The molecular weight excluding hydrogens is 326 g/mol. The Morgan fingerprint density at radius 3 is 2.88 bits per heavy atom. The van der Waals surface area contributed by atoms with Crippen LogP contribution in [0.1, 0.15) is 78.1 Å². The van der Waals surface area contributed by atoms with E-state index in [9.17, 15) is 10.1 Å². The van der Waals surface area contributed by atoms with Crippen molar-refractivity contribution in [1.29, 1.82) is 5.26 Å². The highest BCUT2D eigenvalue weighted by molar-refractivity contribution is 5.66. The Hall–Kier alpha value is -1.76. The molecule has 2 rings (SSSR count). The van der Waals surface area contributed by atoms with Gasteiger partial charge in [-0.25, -0.2) is 0 Å². The number of carbonyl (C=O) groups is 1. The number of nitrogens with zero attached hydrogens (tertiary/aromatic N) is 1. The van der Waals surface area contributed by atoms with E-state index in [1.165, 1.54) is 25.7 Å². The first-order valence-electron chi connectivity index (χ1n) is 10.2. The third kappa shape index (κ3) is 5.90. The van der Waals surface area contributed by atoms with Gasteiger partial charge in [0.1, 0.15) is 11.9 Å². The second-order valence-corrected chi connectivity index (χ2v) is 7.94. The fourth-order valence-corrected chi connectivity index (χ4v) is 4.20. The minimum Gasteiger partial charge on any atom is -0.493 e. The average Bonchev–Trinajstić information content (AvgIpc) is 3.18. The quantitative estimate of drug-likeness (QED) is 0.407. The molecule has 0 aromatic rings. The number of aliphatic carboxylic acids is 1. The first-order valence-corrected chi connectivity index (χ1v) is 10.2. The number of hydrogen-bond donors (Lipinski definition) is 1. The smallest absolute Gasteiger partial charge is 0.303 e. The van der Waals surface area contributed by atoms with E-state index in [1.54, 1.807) is 0 Å². The Morgan fingerprint density at radius 1 is 1.38 bits per heavy atom. The van der Waals surface area contributed by atoms with Crippen LogP contribution in [0, 0.1) is 29.1 Å². The third-order valence-corrected chi connectivity index (χ3v) is 5.79. The lowest BCUT2D eigenvalue weighted by Gasteiger charge is -2.12. The molecule has 26 heavy (non-hydrogen) atoms. The van der Waals surface area contributed by atoms with Crippen LogP contribution in [-0.4, -0.2) is 17.2 Å². The molecule has 2 unspecified atom stereocenters. The summed E-state index contributed by atoms with van der Waals surface area (Å²) in [5.74, 6) is 1.79. The molecule has 1 N–H and O–H groups in total. The highest BCUT2D eigenvalue weighted by atomic mass is 16.5. The molecule has 2 fully saturated rings. The molecule has 4 nitrogen and oxygen atoms in total. The summed E-state index contributed by atoms with van der Waals surface area (Å²) in [6, 6.07) is 2.24. The molecule has 1 heterocycles. The molecule has 2 aliphatic rings. The van der Waals surface area contributed by atoms with E-state index in [4.69, 9.17) is 9.84 Å². The number of fused-ring (bicyclic) bond motifs is 1. The summed E-state index contributed by atoms with van der Waals surface area (Å²) in [5.41, 5.74) is 0.650. The van der Waals surface area contributed by atoms with Gasteiger partial charge in [-0.2, -0.15) is 5.26 Å². The van der Waals surface area contributed by atoms with Crippen molar-refractivity contribution >= 4 is 5.97 Å². The molecule has 0 radical (unpaired) electrons. The van der Waals surface area contributed by atoms with E-state index in [1.807, 2.05) is 0 Å². The van der Waals surface area contributed by atoms with Crippen LogP contribution < -0.4 is 0 Å². The first-order chi connectivity index (χ1) is 12.5. The number of nitriles is 1. The van der Waals surface area contributed by atoms with Gasteiger partial charge in [-0.05, 0) is 43.9 Å². The predicted octanol–water partition coefficient (Wildman–Crippen LogP) is 5.61. The molecule has 144 valence electrons. The monoisotopic (exact) mass is 359 g/mol. The number of unbranched alkanes of at least 4 members (excludes halogenated alkanes) is 1. The highest BCUT2D eigenvalue weighted by Crippen LogP contribution is 2.46. The summed E-state index contributed by atoms with van der Waals surface area (Å²) < 4.78 is 6.08. The van der Waals surface area contributed by atoms with Crippen molar-refractivity contribution in [3.05, 3.63) is 23.5 Å². The summed E-state index contributed by atoms with van der Waals surface area (Å²) in [6.07, 6.45) is 14.2. The zero-order chi connectivity index (χ0) is 18.9. The van der Waals surface area contributed by atoms with E-state index >= 15 is 0 Å². The fraction of sp³-hybridized carbons (Fsp3) is 0.727.